The van der Waals surface area contributed by atoms with Gasteiger partial charge in [-0.1, -0.05) is 11.6 Å². The van der Waals surface area contributed by atoms with E-state index in [1.165, 1.54) is 0 Å². The average Bonchev–Trinajstić information content (AvgIpc) is 1.95. The quantitative estimate of drug-likeness (QED) is 0.368. The van der Waals surface area contributed by atoms with Crippen LogP contribution in [0.4, 0.5) is 0 Å². The minimum Gasteiger partial charge on any atom is -0.426 e. The molecule has 2 nitrogen and oxygen atoms in total. The zero-order chi connectivity index (χ0) is 7.94. The Hall–Kier alpha value is 0.790. The van der Waals surface area contributed by atoms with Gasteiger partial charge in [-0.2, -0.15) is 0 Å². The molecule has 0 saturated heterocycles. The van der Waals surface area contributed by atoms with Crippen LogP contribution in [-0.4, -0.2) is 9.06 Å². The highest BCUT2D eigenvalue weighted by Crippen LogP contribution is 2.44. The molecule has 0 amide bonds. The van der Waals surface area contributed by atoms with Gasteiger partial charge in [0.2, 0.25) is 5.22 Å². The third kappa shape index (κ3) is 1.36. The predicted octanol–water partition coefficient (Wildman–Crippen LogP) is 3.17. The summed E-state index contributed by atoms with van der Waals surface area (Å²) in [5, 5.41) is -0.157. The van der Waals surface area contributed by atoms with Crippen molar-refractivity contribution in [1.29, 1.82) is 0 Å². The number of nitrogens with zero attached hydrogens (tertiary/aromatic N) is 1. The van der Waals surface area contributed by atoms with Crippen molar-refractivity contribution in [2.75, 3.05) is 0 Å². The van der Waals surface area contributed by atoms with E-state index in [0.717, 1.165) is 4.42 Å². The van der Waals surface area contributed by atoms with Gasteiger partial charge in [-0.05, 0) is 34.8 Å². The highest BCUT2D eigenvalue weighted by molar-refractivity contribution is 6.52. The molecule has 0 atom stereocenters. The molecule has 0 fully saturated rings. The molecule has 0 saturated carbocycles. The van der Waals surface area contributed by atoms with E-state index < -0.39 is 4.64 Å². The molecular weight excluding hydrogens is 243 g/mol. The molecule has 1 rings (SSSR count). The predicted molar refractivity (Wildman–Crippen MR) is 41.9 cm³/mol. The lowest BCUT2D eigenvalue weighted by Gasteiger charge is -2.18. The largest absolute Gasteiger partial charge is 0.426 e. The van der Waals surface area contributed by atoms with Crippen LogP contribution in [0.25, 0.3) is 0 Å². The van der Waals surface area contributed by atoms with Gasteiger partial charge in [0.15, 0.2) is 5.16 Å². The Bertz CT molecular complexity index is 189. The minimum atomic E-state index is -1.70. The van der Waals surface area contributed by atoms with Gasteiger partial charge in [0.05, 0.1) is 0 Å². The second-order valence-electron chi connectivity index (χ2n) is 1.43. The summed E-state index contributed by atoms with van der Waals surface area (Å²) in [6, 6.07) is 0. The van der Waals surface area contributed by atoms with E-state index in [-0.39, 0.29) is 10.4 Å². The average molecular weight is 243 g/mol. The Morgan fingerprint density at radius 1 is 1.30 bits per heavy atom. The number of rotatable bonds is 0. The standard InChI is InChI=1S/C3Cl5NO/c4-1-2(5)10-3(6,7)9(1)8. The van der Waals surface area contributed by atoms with Crippen LogP contribution in [0.3, 0.4) is 0 Å². The van der Waals surface area contributed by atoms with Crippen molar-refractivity contribution in [3.8, 4) is 0 Å². The molecule has 0 unspecified atom stereocenters. The zero-order valence-electron chi connectivity index (χ0n) is 4.25. The van der Waals surface area contributed by atoms with Crippen molar-refractivity contribution in [1.82, 2.24) is 4.42 Å². The van der Waals surface area contributed by atoms with E-state index in [2.05, 4.69) is 4.74 Å². The van der Waals surface area contributed by atoms with E-state index >= 15 is 0 Å². The third-order valence-electron chi connectivity index (χ3n) is 0.776. The fraction of sp³-hybridized carbons (Fsp3) is 0.333. The van der Waals surface area contributed by atoms with E-state index in [1.54, 1.807) is 0 Å². The van der Waals surface area contributed by atoms with Gasteiger partial charge in [-0.25, -0.2) is 4.42 Å². The summed E-state index contributed by atoms with van der Waals surface area (Å²) < 4.78 is 3.69. The van der Waals surface area contributed by atoms with Crippen molar-refractivity contribution in [3.63, 3.8) is 0 Å². The summed E-state index contributed by atoms with van der Waals surface area (Å²) >= 11 is 27.1. The fourth-order valence-corrected chi connectivity index (χ4v) is 1.38. The first kappa shape index (κ1) is 8.88. The van der Waals surface area contributed by atoms with Gasteiger partial charge in [-0.3, -0.25) is 0 Å². The Labute approximate surface area is 82.3 Å². The summed E-state index contributed by atoms with van der Waals surface area (Å²) in [6.45, 7) is 0. The molecule has 0 aliphatic carbocycles. The van der Waals surface area contributed by atoms with Gasteiger partial charge in [0, 0.05) is 11.8 Å². The molecule has 10 heavy (non-hydrogen) atoms. The highest BCUT2D eigenvalue weighted by Gasteiger charge is 2.43. The normalized spacial score (nSPS) is 23.5. The molecule has 58 valence electrons. The SMILES string of the molecule is ClC1=C(Cl)N(Cl)C(Cl)(Cl)O1. The number of hydrogen-bond donors (Lipinski definition) is 0. The Kier molecular flexibility index (Phi) is 2.38. The summed E-state index contributed by atoms with van der Waals surface area (Å²) in [5.41, 5.74) is 0. The summed E-state index contributed by atoms with van der Waals surface area (Å²) in [5.74, 6) is 0. The maximum absolute atomic E-state index is 5.45. The molecule has 0 aromatic rings. The van der Waals surface area contributed by atoms with Crippen molar-refractivity contribution in [3.05, 3.63) is 10.4 Å². The minimum absolute atomic E-state index is 0.0340. The molecule has 7 heteroatoms. The topological polar surface area (TPSA) is 12.5 Å². The Morgan fingerprint density at radius 2 is 1.80 bits per heavy atom. The fourth-order valence-electron chi connectivity index (χ4n) is 0.381. The van der Waals surface area contributed by atoms with E-state index in [9.17, 15) is 0 Å². The van der Waals surface area contributed by atoms with Crippen molar-refractivity contribution in [2.45, 2.75) is 4.64 Å². The van der Waals surface area contributed by atoms with E-state index in [1.807, 2.05) is 0 Å². The first-order valence-electron chi connectivity index (χ1n) is 2.03. The van der Waals surface area contributed by atoms with Gasteiger partial charge < -0.3 is 4.74 Å². The number of halogens is 5. The van der Waals surface area contributed by atoms with Gasteiger partial charge >= 0.3 is 4.64 Å². The van der Waals surface area contributed by atoms with Crippen molar-refractivity contribution >= 4 is 58.2 Å². The van der Waals surface area contributed by atoms with Crippen LogP contribution in [0, 0.1) is 0 Å². The highest BCUT2D eigenvalue weighted by atomic mass is 35.5. The first-order chi connectivity index (χ1) is 4.45. The number of hydrogen-bond acceptors (Lipinski definition) is 2. The molecule has 0 radical (unpaired) electrons. The lowest BCUT2D eigenvalue weighted by molar-refractivity contribution is 0.132. The summed E-state index contributed by atoms with van der Waals surface area (Å²) in [6.07, 6.45) is 0. The van der Waals surface area contributed by atoms with Crippen LogP contribution >= 0.6 is 58.2 Å². The van der Waals surface area contributed by atoms with Gasteiger partial charge in [0.1, 0.15) is 0 Å². The lowest BCUT2D eigenvalue weighted by atomic mass is 11.0. The molecule has 0 spiro atoms. The van der Waals surface area contributed by atoms with E-state index in [0.29, 0.717) is 0 Å². The molecule has 1 heterocycles. The van der Waals surface area contributed by atoms with Crippen LogP contribution in [-0.2, 0) is 4.74 Å². The molecule has 1 aliphatic rings. The van der Waals surface area contributed by atoms with E-state index in [4.69, 9.17) is 58.2 Å². The lowest BCUT2D eigenvalue weighted by Crippen LogP contribution is -2.25. The summed E-state index contributed by atoms with van der Waals surface area (Å²) in [4.78, 5) is 0. The Morgan fingerprint density at radius 3 is 1.90 bits per heavy atom. The molecule has 0 aromatic heterocycles. The number of alkyl halides is 2. The van der Waals surface area contributed by atoms with Crippen LogP contribution in [0.1, 0.15) is 0 Å². The first-order valence-corrected chi connectivity index (χ1v) is 3.88. The third-order valence-corrected chi connectivity index (χ3v) is 2.63. The van der Waals surface area contributed by atoms with Gasteiger partial charge in [-0.15, -0.1) is 0 Å². The summed E-state index contributed by atoms with van der Waals surface area (Å²) in [7, 11) is 0. The molecule has 1 aliphatic heterocycles. The van der Waals surface area contributed by atoms with Crippen molar-refractivity contribution in [2.24, 2.45) is 0 Å². The van der Waals surface area contributed by atoms with Crippen LogP contribution in [0.5, 0.6) is 0 Å². The number of ether oxygens (including phenoxy) is 1. The van der Waals surface area contributed by atoms with Crippen LogP contribution in [0.15, 0.2) is 10.4 Å². The second-order valence-corrected chi connectivity index (χ2v) is 3.69. The molecule has 0 bridgehead atoms. The molecule has 0 aromatic carbocycles. The zero-order valence-corrected chi connectivity index (χ0v) is 8.02. The Balaban J connectivity index is 2.87. The maximum Gasteiger partial charge on any atom is 0.358 e. The van der Waals surface area contributed by atoms with Crippen LogP contribution < -0.4 is 0 Å². The molecular formula is C3Cl5NO. The maximum atomic E-state index is 5.45. The van der Waals surface area contributed by atoms with Crippen molar-refractivity contribution < 1.29 is 4.74 Å². The van der Waals surface area contributed by atoms with Gasteiger partial charge in [0.25, 0.3) is 0 Å². The molecule has 0 N–H and O–H groups in total. The van der Waals surface area contributed by atoms with Crippen LogP contribution in [0.2, 0.25) is 0 Å². The second kappa shape index (κ2) is 2.68. The monoisotopic (exact) mass is 241 g/mol. The smallest absolute Gasteiger partial charge is 0.358 e.